The van der Waals surface area contributed by atoms with Crippen LogP contribution in [0.25, 0.3) is 0 Å². The van der Waals surface area contributed by atoms with E-state index in [0.717, 1.165) is 5.69 Å². The highest BCUT2D eigenvalue weighted by Crippen LogP contribution is 2.22. The van der Waals surface area contributed by atoms with Crippen molar-refractivity contribution in [2.24, 2.45) is 0 Å². The van der Waals surface area contributed by atoms with E-state index < -0.39 is 6.04 Å². The van der Waals surface area contributed by atoms with Gasteiger partial charge in [-0.3, -0.25) is 9.59 Å². The number of carbonyl (C=O) groups is 2. The molecule has 2 aromatic carbocycles. The molecule has 1 heterocycles. The molecule has 7 nitrogen and oxygen atoms in total. The van der Waals surface area contributed by atoms with Crippen LogP contribution in [0.2, 0.25) is 5.02 Å². The van der Waals surface area contributed by atoms with Crippen LogP contribution < -0.4 is 10.6 Å². The maximum absolute atomic E-state index is 12.5. The lowest BCUT2D eigenvalue weighted by Gasteiger charge is -2.15. The standard InChI is InChI=1S/C22H22ClN5O2S/c1-3-12-28-20(15(2)24-21(30)16-8-7-9-17(23)13-16)26-27-22(28)31-14-19(29)25-18-10-5-4-6-11-18/h3-11,13,15H,1,12,14H2,2H3,(H,24,30)(H,25,29)/t15-/m0/s1. The highest BCUT2D eigenvalue weighted by molar-refractivity contribution is 7.99. The Balaban J connectivity index is 1.67. The van der Waals surface area contributed by atoms with Crippen molar-refractivity contribution >= 4 is 40.9 Å². The monoisotopic (exact) mass is 455 g/mol. The van der Waals surface area contributed by atoms with Gasteiger partial charge in [0.1, 0.15) is 0 Å². The van der Waals surface area contributed by atoms with Gasteiger partial charge in [-0.15, -0.1) is 16.8 Å². The third kappa shape index (κ3) is 6.19. The highest BCUT2D eigenvalue weighted by Gasteiger charge is 2.20. The van der Waals surface area contributed by atoms with E-state index in [1.54, 1.807) is 30.3 Å². The fourth-order valence-electron chi connectivity index (χ4n) is 2.85. The summed E-state index contributed by atoms with van der Waals surface area (Å²) < 4.78 is 1.83. The molecule has 3 rings (SSSR count). The van der Waals surface area contributed by atoms with Gasteiger partial charge in [-0.1, -0.05) is 53.7 Å². The number of para-hydroxylation sites is 1. The van der Waals surface area contributed by atoms with E-state index in [9.17, 15) is 9.59 Å². The SMILES string of the molecule is C=CCn1c(SCC(=O)Nc2ccccc2)nnc1[C@H](C)NC(=O)c1cccc(Cl)c1. The zero-order valence-electron chi connectivity index (χ0n) is 16.9. The summed E-state index contributed by atoms with van der Waals surface area (Å²) in [6.07, 6.45) is 1.71. The average Bonchev–Trinajstić information content (AvgIpc) is 3.16. The number of anilines is 1. The number of rotatable bonds is 9. The number of nitrogens with zero attached hydrogens (tertiary/aromatic N) is 3. The van der Waals surface area contributed by atoms with Gasteiger partial charge in [0.2, 0.25) is 5.91 Å². The molecule has 0 aliphatic rings. The highest BCUT2D eigenvalue weighted by atomic mass is 35.5. The lowest BCUT2D eigenvalue weighted by atomic mass is 10.2. The Kier molecular flexibility index (Phi) is 7.86. The Bertz CT molecular complexity index is 1070. The minimum atomic E-state index is -0.411. The molecule has 3 aromatic rings. The van der Waals surface area contributed by atoms with E-state index in [1.807, 2.05) is 41.8 Å². The second-order valence-electron chi connectivity index (χ2n) is 6.65. The van der Waals surface area contributed by atoms with Gasteiger partial charge in [0.25, 0.3) is 5.91 Å². The number of halogens is 1. The number of allylic oxidation sites excluding steroid dienone is 1. The first kappa shape index (κ1) is 22.6. The quantitative estimate of drug-likeness (QED) is 0.370. The molecule has 9 heteroatoms. The first-order valence-corrected chi connectivity index (χ1v) is 10.9. The minimum absolute atomic E-state index is 0.145. The number of benzene rings is 2. The van der Waals surface area contributed by atoms with E-state index in [4.69, 9.17) is 11.6 Å². The Labute approximate surface area is 189 Å². The number of hydrogen-bond donors (Lipinski definition) is 2. The fraction of sp³-hybridized carbons (Fsp3) is 0.182. The maximum atomic E-state index is 12.5. The van der Waals surface area contributed by atoms with Gasteiger partial charge in [0, 0.05) is 22.8 Å². The third-order valence-electron chi connectivity index (χ3n) is 4.27. The van der Waals surface area contributed by atoms with Crippen molar-refractivity contribution in [3.8, 4) is 0 Å². The predicted octanol–water partition coefficient (Wildman–Crippen LogP) is 4.34. The summed E-state index contributed by atoms with van der Waals surface area (Å²) >= 11 is 7.24. The molecule has 0 aliphatic heterocycles. The number of aromatic nitrogens is 3. The molecular formula is C22H22ClN5O2S. The molecule has 1 atom stereocenters. The molecule has 1 aromatic heterocycles. The normalized spacial score (nSPS) is 11.5. The molecule has 0 unspecified atom stereocenters. The van der Waals surface area contributed by atoms with Gasteiger partial charge in [0.05, 0.1) is 11.8 Å². The van der Waals surface area contributed by atoms with Gasteiger partial charge in [0.15, 0.2) is 11.0 Å². The van der Waals surface area contributed by atoms with Gasteiger partial charge >= 0.3 is 0 Å². The third-order valence-corrected chi connectivity index (χ3v) is 5.47. The van der Waals surface area contributed by atoms with E-state index in [2.05, 4.69) is 27.4 Å². The topological polar surface area (TPSA) is 88.9 Å². The maximum Gasteiger partial charge on any atom is 0.251 e. The fourth-order valence-corrected chi connectivity index (χ4v) is 3.80. The molecular weight excluding hydrogens is 434 g/mol. The molecule has 160 valence electrons. The summed E-state index contributed by atoms with van der Waals surface area (Å²) in [5.74, 6) is 0.335. The van der Waals surface area contributed by atoms with Crippen molar-refractivity contribution in [3.63, 3.8) is 0 Å². The zero-order valence-corrected chi connectivity index (χ0v) is 18.5. The van der Waals surface area contributed by atoms with Gasteiger partial charge < -0.3 is 15.2 Å². The summed E-state index contributed by atoms with van der Waals surface area (Å²) in [5, 5.41) is 15.2. The first-order chi connectivity index (χ1) is 15.0. The predicted molar refractivity (Wildman–Crippen MR) is 123 cm³/mol. The van der Waals surface area contributed by atoms with Crippen LogP contribution in [0.4, 0.5) is 5.69 Å². The Morgan fingerprint density at radius 3 is 2.68 bits per heavy atom. The largest absolute Gasteiger partial charge is 0.342 e. The van der Waals surface area contributed by atoms with Crippen molar-refractivity contribution in [1.29, 1.82) is 0 Å². The van der Waals surface area contributed by atoms with E-state index in [1.165, 1.54) is 11.8 Å². The minimum Gasteiger partial charge on any atom is -0.342 e. The average molecular weight is 456 g/mol. The second kappa shape index (κ2) is 10.8. The first-order valence-electron chi connectivity index (χ1n) is 9.56. The van der Waals surface area contributed by atoms with Crippen LogP contribution in [0, 0.1) is 0 Å². The molecule has 0 spiro atoms. The molecule has 0 saturated heterocycles. The summed E-state index contributed by atoms with van der Waals surface area (Å²) in [5.41, 5.74) is 1.19. The Morgan fingerprint density at radius 2 is 1.97 bits per heavy atom. The van der Waals surface area contributed by atoms with Crippen LogP contribution in [0.1, 0.15) is 29.1 Å². The van der Waals surface area contributed by atoms with Crippen LogP contribution in [-0.2, 0) is 11.3 Å². The van der Waals surface area contributed by atoms with E-state index in [0.29, 0.717) is 28.1 Å². The Morgan fingerprint density at radius 1 is 1.19 bits per heavy atom. The van der Waals surface area contributed by atoms with Crippen molar-refractivity contribution < 1.29 is 9.59 Å². The van der Waals surface area contributed by atoms with E-state index in [-0.39, 0.29) is 17.6 Å². The number of thioether (sulfide) groups is 1. The smallest absolute Gasteiger partial charge is 0.251 e. The van der Waals surface area contributed by atoms with Crippen LogP contribution in [-0.4, -0.2) is 32.3 Å². The lowest BCUT2D eigenvalue weighted by molar-refractivity contribution is -0.113. The van der Waals surface area contributed by atoms with E-state index >= 15 is 0 Å². The molecule has 0 fully saturated rings. The van der Waals surface area contributed by atoms with Crippen molar-refractivity contribution in [1.82, 2.24) is 20.1 Å². The van der Waals surface area contributed by atoms with Crippen LogP contribution in [0.15, 0.2) is 72.4 Å². The van der Waals surface area contributed by atoms with Crippen molar-refractivity contribution in [2.45, 2.75) is 24.7 Å². The number of amides is 2. The second-order valence-corrected chi connectivity index (χ2v) is 8.03. The number of nitrogens with one attached hydrogen (secondary N) is 2. The zero-order chi connectivity index (χ0) is 22.2. The molecule has 0 bridgehead atoms. The molecule has 0 aliphatic carbocycles. The number of carbonyl (C=O) groups excluding carboxylic acids is 2. The van der Waals surface area contributed by atoms with Gasteiger partial charge in [-0.2, -0.15) is 0 Å². The van der Waals surface area contributed by atoms with Crippen LogP contribution in [0.3, 0.4) is 0 Å². The van der Waals surface area contributed by atoms with Crippen molar-refractivity contribution in [3.05, 3.63) is 83.7 Å². The molecule has 31 heavy (non-hydrogen) atoms. The van der Waals surface area contributed by atoms with Crippen molar-refractivity contribution in [2.75, 3.05) is 11.1 Å². The van der Waals surface area contributed by atoms with Gasteiger partial charge in [-0.25, -0.2) is 0 Å². The molecule has 0 saturated carbocycles. The van der Waals surface area contributed by atoms with Crippen LogP contribution in [0.5, 0.6) is 0 Å². The summed E-state index contributed by atoms with van der Waals surface area (Å²) in [7, 11) is 0. The van der Waals surface area contributed by atoms with Gasteiger partial charge in [-0.05, 0) is 37.3 Å². The summed E-state index contributed by atoms with van der Waals surface area (Å²) in [6, 6.07) is 15.6. The number of hydrogen-bond acceptors (Lipinski definition) is 5. The summed E-state index contributed by atoms with van der Waals surface area (Å²) in [6.45, 7) is 6.05. The summed E-state index contributed by atoms with van der Waals surface area (Å²) in [4.78, 5) is 24.8. The lowest BCUT2D eigenvalue weighted by Crippen LogP contribution is -2.28. The molecule has 0 radical (unpaired) electrons. The molecule has 2 N–H and O–H groups in total. The van der Waals surface area contributed by atoms with Crippen LogP contribution >= 0.6 is 23.4 Å². The Hall–Kier alpha value is -3.10. The molecule has 2 amide bonds.